The number of methoxy groups -OCH3 is 1. The van der Waals surface area contributed by atoms with Gasteiger partial charge in [-0.05, 0) is 24.1 Å². The van der Waals surface area contributed by atoms with Gasteiger partial charge >= 0.3 is 5.97 Å². The largest absolute Gasteiger partial charge is 0.469 e. The summed E-state index contributed by atoms with van der Waals surface area (Å²) >= 11 is 11.9. The molecule has 1 aromatic carbocycles. The third kappa shape index (κ3) is 3.53. The van der Waals surface area contributed by atoms with Crippen molar-refractivity contribution in [3.8, 4) is 0 Å². The van der Waals surface area contributed by atoms with Crippen molar-refractivity contribution < 1.29 is 9.53 Å². The zero-order chi connectivity index (χ0) is 13.7. The maximum absolute atomic E-state index is 11.8. The number of carbonyl (C=O) groups excluding carboxylic acids is 1. The van der Waals surface area contributed by atoms with E-state index in [2.05, 4.69) is 6.92 Å². The van der Waals surface area contributed by atoms with Gasteiger partial charge < -0.3 is 10.5 Å². The number of hydrogen-bond donors (Lipinski definition) is 1. The number of ether oxygens (including phenoxy) is 1. The molecule has 0 spiro atoms. The molecule has 2 N–H and O–H groups in total. The van der Waals surface area contributed by atoms with Crippen LogP contribution in [-0.2, 0) is 9.53 Å². The predicted molar refractivity (Wildman–Crippen MR) is 75.2 cm³/mol. The molecule has 0 fully saturated rings. The Morgan fingerprint density at radius 3 is 2.67 bits per heavy atom. The molecule has 1 aromatic rings. The summed E-state index contributed by atoms with van der Waals surface area (Å²) in [5.41, 5.74) is 6.96. The van der Waals surface area contributed by atoms with Gasteiger partial charge in [0.1, 0.15) is 0 Å². The van der Waals surface area contributed by atoms with Crippen molar-refractivity contribution in [2.75, 3.05) is 12.8 Å². The SMILES string of the molecule is CCCCC(C(=O)OC)c1cc(Cl)cc(Cl)c1N. The van der Waals surface area contributed by atoms with Gasteiger partial charge in [0.2, 0.25) is 0 Å². The lowest BCUT2D eigenvalue weighted by Gasteiger charge is -2.17. The number of nitrogen functional groups attached to an aromatic ring is 1. The molecular weight excluding hydrogens is 273 g/mol. The van der Waals surface area contributed by atoms with E-state index in [1.165, 1.54) is 7.11 Å². The van der Waals surface area contributed by atoms with Crippen molar-refractivity contribution in [3.05, 3.63) is 27.7 Å². The van der Waals surface area contributed by atoms with Crippen LogP contribution in [-0.4, -0.2) is 13.1 Å². The molecule has 0 aliphatic rings. The number of carbonyl (C=O) groups is 1. The Morgan fingerprint density at radius 1 is 1.44 bits per heavy atom. The summed E-state index contributed by atoms with van der Waals surface area (Å²) < 4.78 is 4.82. The Hall–Kier alpha value is -0.930. The number of rotatable bonds is 5. The van der Waals surface area contributed by atoms with Crippen LogP contribution in [0.25, 0.3) is 0 Å². The molecule has 0 aromatic heterocycles. The van der Waals surface area contributed by atoms with Crippen LogP contribution in [0.2, 0.25) is 10.0 Å². The Kier molecular flexibility index (Phi) is 5.76. The molecule has 3 nitrogen and oxygen atoms in total. The van der Waals surface area contributed by atoms with E-state index >= 15 is 0 Å². The summed E-state index contributed by atoms with van der Waals surface area (Å²) in [5, 5.41) is 0.831. The average molecular weight is 290 g/mol. The second-order valence-electron chi connectivity index (χ2n) is 4.11. The normalized spacial score (nSPS) is 12.2. The van der Waals surface area contributed by atoms with E-state index in [0.29, 0.717) is 27.7 Å². The molecule has 1 rings (SSSR count). The zero-order valence-corrected chi connectivity index (χ0v) is 12.0. The molecule has 0 radical (unpaired) electrons. The van der Waals surface area contributed by atoms with Crippen LogP contribution in [0.3, 0.4) is 0 Å². The van der Waals surface area contributed by atoms with Gasteiger partial charge in [0.25, 0.3) is 0 Å². The first-order valence-corrected chi connectivity index (χ1v) is 6.59. The van der Waals surface area contributed by atoms with Crippen LogP contribution >= 0.6 is 23.2 Å². The summed E-state index contributed by atoms with van der Waals surface area (Å²) in [7, 11) is 1.36. The quantitative estimate of drug-likeness (QED) is 0.658. The van der Waals surface area contributed by atoms with Gasteiger partial charge in [-0.3, -0.25) is 4.79 Å². The summed E-state index contributed by atoms with van der Waals surface area (Å²) in [4.78, 5) is 11.8. The number of unbranched alkanes of at least 4 members (excludes halogenated alkanes) is 1. The molecule has 1 unspecified atom stereocenters. The van der Waals surface area contributed by atoms with Crippen molar-refractivity contribution in [1.82, 2.24) is 0 Å². The van der Waals surface area contributed by atoms with Crippen LogP contribution in [0.5, 0.6) is 0 Å². The number of anilines is 1. The number of hydrogen-bond acceptors (Lipinski definition) is 3. The van der Waals surface area contributed by atoms with Gasteiger partial charge in [-0.15, -0.1) is 0 Å². The smallest absolute Gasteiger partial charge is 0.313 e. The van der Waals surface area contributed by atoms with Crippen LogP contribution in [0.4, 0.5) is 5.69 Å². The molecule has 18 heavy (non-hydrogen) atoms. The van der Waals surface area contributed by atoms with Crippen molar-refractivity contribution >= 4 is 34.9 Å². The number of halogens is 2. The highest BCUT2D eigenvalue weighted by molar-refractivity contribution is 6.36. The second-order valence-corrected chi connectivity index (χ2v) is 4.95. The van der Waals surface area contributed by atoms with Crippen molar-refractivity contribution in [3.63, 3.8) is 0 Å². The fourth-order valence-electron chi connectivity index (χ4n) is 1.84. The van der Waals surface area contributed by atoms with E-state index in [4.69, 9.17) is 33.7 Å². The first kappa shape index (κ1) is 15.1. The first-order chi connectivity index (χ1) is 8.51. The van der Waals surface area contributed by atoms with E-state index in [-0.39, 0.29) is 5.97 Å². The second kappa shape index (κ2) is 6.86. The molecule has 0 amide bonds. The van der Waals surface area contributed by atoms with E-state index in [1.54, 1.807) is 12.1 Å². The molecule has 0 bridgehead atoms. The van der Waals surface area contributed by atoms with E-state index in [0.717, 1.165) is 12.8 Å². The standard InChI is InChI=1S/C13H17Cl2NO2/c1-3-4-5-9(13(17)18-2)10-6-8(14)7-11(15)12(10)16/h6-7,9H,3-5,16H2,1-2H3. The van der Waals surface area contributed by atoms with E-state index in [9.17, 15) is 4.79 Å². The molecule has 0 aliphatic carbocycles. The Morgan fingerprint density at radius 2 is 2.11 bits per heavy atom. The molecular formula is C13H17Cl2NO2. The van der Waals surface area contributed by atoms with Crippen LogP contribution < -0.4 is 5.73 Å². The Balaban J connectivity index is 3.15. The third-order valence-corrected chi connectivity index (χ3v) is 3.36. The van der Waals surface area contributed by atoms with Crippen molar-refractivity contribution in [1.29, 1.82) is 0 Å². The van der Waals surface area contributed by atoms with Gasteiger partial charge in [-0.25, -0.2) is 0 Å². The van der Waals surface area contributed by atoms with Crippen molar-refractivity contribution in [2.45, 2.75) is 32.1 Å². The summed E-state index contributed by atoms with van der Waals surface area (Å²) in [6.45, 7) is 2.06. The minimum atomic E-state index is -0.411. The monoisotopic (exact) mass is 289 g/mol. The Labute approximate surface area is 117 Å². The lowest BCUT2D eigenvalue weighted by Crippen LogP contribution is -2.16. The molecule has 0 heterocycles. The van der Waals surface area contributed by atoms with Crippen LogP contribution in [0, 0.1) is 0 Å². The topological polar surface area (TPSA) is 52.3 Å². The summed E-state index contributed by atoms with van der Waals surface area (Å²) in [5.74, 6) is -0.723. The summed E-state index contributed by atoms with van der Waals surface area (Å²) in [6.07, 6.45) is 2.56. The van der Waals surface area contributed by atoms with Crippen LogP contribution in [0.15, 0.2) is 12.1 Å². The minimum Gasteiger partial charge on any atom is -0.469 e. The number of nitrogens with two attached hydrogens (primary N) is 1. The molecule has 0 saturated heterocycles. The fraction of sp³-hybridized carbons (Fsp3) is 0.462. The van der Waals surface area contributed by atoms with Crippen molar-refractivity contribution in [2.24, 2.45) is 0 Å². The zero-order valence-electron chi connectivity index (χ0n) is 10.5. The highest BCUT2D eigenvalue weighted by Gasteiger charge is 2.24. The highest BCUT2D eigenvalue weighted by Crippen LogP contribution is 2.35. The number of benzene rings is 1. The predicted octanol–water partition coefficient (Wildman–Crippen LogP) is 4.02. The van der Waals surface area contributed by atoms with E-state index in [1.807, 2.05) is 0 Å². The molecule has 0 saturated carbocycles. The lowest BCUT2D eigenvalue weighted by atomic mass is 9.92. The maximum Gasteiger partial charge on any atom is 0.313 e. The van der Waals surface area contributed by atoms with Crippen LogP contribution in [0.1, 0.15) is 37.7 Å². The van der Waals surface area contributed by atoms with Gasteiger partial charge in [0.15, 0.2) is 0 Å². The minimum absolute atomic E-state index is 0.312. The lowest BCUT2D eigenvalue weighted by molar-refractivity contribution is -0.142. The van der Waals surface area contributed by atoms with Gasteiger partial charge in [0, 0.05) is 5.02 Å². The summed E-state index contributed by atoms with van der Waals surface area (Å²) in [6, 6.07) is 3.25. The highest BCUT2D eigenvalue weighted by atomic mass is 35.5. The Bertz CT molecular complexity index is 435. The molecule has 100 valence electrons. The first-order valence-electron chi connectivity index (χ1n) is 5.83. The number of esters is 1. The van der Waals surface area contributed by atoms with Gasteiger partial charge in [-0.1, -0.05) is 43.0 Å². The molecule has 5 heteroatoms. The van der Waals surface area contributed by atoms with Gasteiger partial charge in [0.05, 0.1) is 23.7 Å². The average Bonchev–Trinajstić information content (AvgIpc) is 2.34. The molecule has 0 aliphatic heterocycles. The van der Waals surface area contributed by atoms with Gasteiger partial charge in [-0.2, -0.15) is 0 Å². The third-order valence-electron chi connectivity index (χ3n) is 2.83. The maximum atomic E-state index is 11.8. The fourth-order valence-corrected chi connectivity index (χ4v) is 2.35. The van der Waals surface area contributed by atoms with E-state index < -0.39 is 5.92 Å². The molecule has 1 atom stereocenters.